The molecule has 0 saturated carbocycles. The van der Waals surface area contributed by atoms with Gasteiger partial charge in [-0.3, -0.25) is 0 Å². The Morgan fingerprint density at radius 2 is 1.73 bits per heavy atom. The van der Waals surface area contributed by atoms with E-state index in [0.717, 1.165) is 5.56 Å². The van der Waals surface area contributed by atoms with Crippen molar-refractivity contribution in [2.45, 2.75) is 45.4 Å². The molecule has 1 heterocycles. The molecular weight excluding hydrogens is 334 g/mol. The molecule has 1 atom stereocenters. The molecule has 7 heteroatoms. The number of benzene rings is 1. The molecule has 0 saturated heterocycles. The highest BCUT2D eigenvalue weighted by Gasteiger charge is 2.26. The van der Waals surface area contributed by atoms with Gasteiger partial charge in [-0.15, -0.1) is 0 Å². The minimum atomic E-state index is -0.903. The van der Waals surface area contributed by atoms with Crippen molar-refractivity contribution in [2.75, 3.05) is 0 Å². The van der Waals surface area contributed by atoms with Gasteiger partial charge in [0.25, 0.3) is 0 Å². The molecule has 1 N–H and O–H groups in total. The Kier molecular flexibility index (Phi) is 6.66. The van der Waals surface area contributed by atoms with E-state index in [4.69, 9.17) is 9.47 Å². The molecule has 1 aromatic carbocycles. The van der Waals surface area contributed by atoms with Crippen LogP contribution in [0, 0.1) is 0 Å². The van der Waals surface area contributed by atoms with Crippen molar-refractivity contribution in [2.24, 2.45) is 0 Å². The molecule has 0 bridgehead atoms. The summed E-state index contributed by atoms with van der Waals surface area (Å²) in [6.07, 6.45) is 4.08. The van der Waals surface area contributed by atoms with Crippen molar-refractivity contribution >= 4 is 12.1 Å². The first-order chi connectivity index (χ1) is 12.3. The van der Waals surface area contributed by atoms with Crippen molar-refractivity contribution in [1.82, 2.24) is 15.3 Å². The zero-order valence-corrected chi connectivity index (χ0v) is 15.1. The number of alkyl carbamates (subject to hydrolysis) is 1. The summed E-state index contributed by atoms with van der Waals surface area (Å²) in [6, 6.07) is 8.41. The number of aromatic nitrogens is 2. The molecule has 0 unspecified atom stereocenters. The standard InChI is InChI=1S/C19H23N3O4/c1-19(2,3)26-18(24)22-16(9-15-10-20-13-21-11-15)17(23)25-12-14-7-5-4-6-8-14/h4-8,10-11,13,16H,9,12H2,1-3H3,(H,22,24)/t16-/m0/s1. The lowest BCUT2D eigenvalue weighted by Gasteiger charge is -2.23. The van der Waals surface area contributed by atoms with E-state index in [-0.39, 0.29) is 13.0 Å². The molecule has 2 rings (SSSR count). The van der Waals surface area contributed by atoms with Gasteiger partial charge in [0.15, 0.2) is 0 Å². The maximum Gasteiger partial charge on any atom is 0.408 e. The van der Waals surface area contributed by atoms with Gasteiger partial charge in [-0.2, -0.15) is 0 Å². The number of hydrogen-bond acceptors (Lipinski definition) is 6. The number of nitrogens with zero attached hydrogens (tertiary/aromatic N) is 2. The molecule has 1 aromatic heterocycles. The van der Waals surface area contributed by atoms with Crippen LogP contribution in [0.1, 0.15) is 31.9 Å². The van der Waals surface area contributed by atoms with Crippen LogP contribution in [0.5, 0.6) is 0 Å². The third-order valence-corrected chi connectivity index (χ3v) is 3.25. The van der Waals surface area contributed by atoms with Gasteiger partial charge < -0.3 is 14.8 Å². The van der Waals surface area contributed by atoms with Gasteiger partial charge in [0.2, 0.25) is 0 Å². The Bertz CT molecular complexity index is 715. The molecule has 1 amide bonds. The van der Waals surface area contributed by atoms with Crippen molar-refractivity contribution in [3.63, 3.8) is 0 Å². The maximum atomic E-state index is 12.5. The quantitative estimate of drug-likeness (QED) is 0.799. The first-order valence-electron chi connectivity index (χ1n) is 8.27. The van der Waals surface area contributed by atoms with Crippen LogP contribution in [-0.4, -0.2) is 33.7 Å². The van der Waals surface area contributed by atoms with Gasteiger partial charge in [-0.05, 0) is 31.9 Å². The first-order valence-corrected chi connectivity index (χ1v) is 8.27. The van der Waals surface area contributed by atoms with Crippen LogP contribution in [0.25, 0.3) is 0 Å². The zero-order valence-electron chi connectivity index (χ0n) is 15.1. The number of esters is 1. The van der Waals surface area contributed by atoms with E-state index in [1.54, 1.807) is 33.2 Å². The highest BCUT2D eigenvalue weighted by molar-refractivity contribution is 5.81. The summed E-state index contributed by atoms with van der Waals surface area (Å²) in [6.45, 7) is 5.37. The lowest BCUT2D eigenvalue weighted by atomic mass is 10.1. The number of amides is 1. The first kappa shape index (κ1) is 19.4. The Balaban J connectivity index is 2.03. The fraction of sp³-hybridized carbons (Fsp3) is 0.368. The number of ether oxygens (including phenoxy) is 2. The van der Waals surface area contributed by atoms with Crippen molar-refractivity contribution in [1.29, 1.82) is 0 Å². The molecular formula is C19H23N3O4. The summed E-state index contributed by atoms with van der Waals surface area (Å²) in [5.41, 5.74) is 0.892. The molecule has 2 aromatic rings. The molecule has 0 fully saturated rings. The fourth-order valence-electron chi connectivity index (χ4n) is 2.14. The van der Waals surface area contributed by atoms with E-state index in [1.807, 2.05) is 30.3 Å². The highest BCUT2D eigenvalue weighted by Crippen LogP contribution is 2.09. The molecule has 0 spiro atoms. The molecule has 0 radical (unpaired) electrons. The van der Waals surface area contributed by atoms with E-state index < -0.39 is 23.7 Å². The summed E-state index contributed by atoms with van der Waals surface area (Å²) < 4.78 is 10.6. The van der Waals surface area contributed by atoms with Gasteiger partial charge in [0, 0.05) is 18.8 Å². The third-order valence-electron chi connectivity index (χ3n) is 3.25. The summed E-state index contributed by atoms with van der Waals surface area (Å²) in [7, 11) is 0. The number of hydrogen-bond donors (Lipinski definition) is 1. The Morgan fingerprint density at radius 3 is 2.35 bits per heavy atom. The summed E-state index contributed by atoms with van der Waals surface area (Å²) >= 11 is 0. The minimum Gasteiger partial charge on any atom is -0.459 e. The van der Waals surface area contributed by atoms with Crippen LogP contribution in [0.2, 0.25) is 0 Å². The van der Waals surface area contributed by atoms with Crippen LogP contribution in [0.3, 0.4) is 0 Å². The average Bonchev–Trinajstić information content (AvgIpc) is 2.59. The Hall–Kier alpha value is -2.96. The second-order valence-electron chi connectivity index (χ2n) is 6.74. The SMILES string of the molecule is CC(C)(C)OC(=O)N[C@@H](Cc1cncnc1)C(=O)OCc1ccccc1. The van der Waals surface area contributed by atoms with E-state index in [1.165, 1.54) is 6.33 Å². The normalized spacial score (nSPS) is 12.1. The van der Waals surface area contributed by atoms with E-state index >= 15 is 0 Å². The van der Waals surface area contributed by atoms with E-state index in [0.29, 0.717) is 5.56 Å². The second-order valence-corrected chi connectivity index (χ2v) is 6.74. The van der Waals surface area contributed by atoms with Crippen LogP contribution < -0.4 is 5.32 Å². The Morgan fingerprint density at radius 1 is 1.08 bits per heavy atom. The van der Waals surface area contributed by atoms with E-state index in [9.17, 15) is 9.59 Å². The monoisotopic (exact) mass is 357 g/mol. The number of carbonyl (C=O) groups excluding carboxylic acids is 2. The van der Waals surface area contributed by atoms with E-state index in [2.05, 4.69) is 15.3 Å². The van der Waals surface area contributed by atoms with Gasteiger partial charge >= 0.3 is 12.1 Å². The second kappa shape index (κ2) is 8.94. The smallest absolute Gasteiger partial charge is 0.408 e. The molecule has 138 valence electrons. The van der Waals surface area contributed by atoms with Crippen LogP contribution in [0.15, 0.2) is 49.1 Å². The summed E-state index contributed by atoms with van der Waals surface area (Å²) in [4.78, 5) is 32.4. The van der Waals surface area contributed by atoms with Crippen molar-refractivity contribution in [3.8, 4) is 0 Å². The molecule has 0 aliphatic rings. The number of rotatable bonds is 6. The summed E-state index contributed by atoms with van der Waals surface area (Å²) in [5, 5.41) is 2.57. The predicted molar refractivity (Wildman–Crippen MR) is 95.1 cm³/mol. The number of nitrogens with one attached hydrogen (secondary N) is 1. The Labute approximate surface area is 152 Å². The summed E-state index contributed by atoms with van der Waals surface area (Å²) in [5.74, 6) is -0.552. The third kappa shape index (κ3) is 6.88. The minimum absolute atomic E-state index is 0.122. The largest absolute Gasteiger partial charge is 0.459 e. The maximum absolute atomic E-state index is 12.5. The lowest BCUT2D eigenvalue weighted by molar-refractivity contribution is -0.147. The fourth-order valence-corrected chi connectivity index (χ4v) is 2.14. The molecule has 0 aliphatic heterocycles. The van der Waals surface area contributed by atoms with Crippen molar-refractivity contribution in [3.05, 3.63) is 60.2 Å². The average molecular weight is 357 g/mol. The molecule has 7 nitrogen and oxygen atoms in total. The number of carbonyl (C=O) groups is 2. The molecule has 0 aliphatic carbocycles. The van der Waals surface area contributed by atoms with Crippen LogP contribution in [0.4, 0.5) is 4.79 Å². The van der Waals surface area contributed by atoms with Gasteiger partial charge in [0.05, 0.1) is 0 Å². The van der Waals surface area contributed by atoms with Crippen molar-refractivity contribution < 1.29 is 19.1 Å². The highest BCUT2D eigenvalue weighted by atomic mass is 16.6. The van der Waals surface area contributed by atoms with Gasteiger partial charge in [-0.25, -0.2) is 19.6 Å². The van der Waals surface area contributed by atoms with Crippen LogP contribution in [-0.2, 0) is 27.3 Å². The van der Waals surface area contributed by atoms with Gasteiger partial charge in [-0.1, -0.05) is 30.3 Å². The molecule has 26 heavy (non-hydrogen) atoms. The zero-order chi connectivity index (χ0) is 19.0. The predicted octanol–water partition coefficient (Wildman–Crippen LogP) is 2.66. The lowest BCUT2D eigenvalue weighted by Crippen LogP contribution is -2.45. The van der Waals surface area contributed by atoms with Gasteiger partial charge in [0.1, 0.15) is 24.6 Å². The topological polar surface area (TPSA) is 90.4 Å². The van der Waals surface area contributed by atoms with Crippen LogP contribution >= 0.6 is 0 Å².